The quantitative estimate of drug-likeness (QED) is 0.429. The first kappa shape index (κ1) is 12.8. The summed E-state index contributed by atoms with van der Waals surface area (Å²) in [6.45, 7) is 3.41. The van der Waals surface area contributed by atoms with Crippen molar-refractivity contribution in [2.24, 2.45) is 11.3 Å². The first-order chi connectivity index (χ1) is 8.60. The van der Waals surface area contributed by atoms with E-state index in [4.69, 9.17) is 9.47 Å². The Morgan fingerprint density at radius 2 is 2.28 bits per heavy atom. The highest BCUT2D eigenvalue weighted by Gasteiger charge is 2.57. The van der Waals surface area contributed by atoms with Crippen LogP contribution in [0.5, 0.6) is 0 Å². The molecule has 2 fully saturated rings. The van der Waals surface area contributed by atoms with E-state index in [1.807, 2.05) is 0 Å². The Hall–Kier alpha value is -1.65. The van der Waals surface area contributed by atoms with E-state index in [0.717, 1.165) is 18.9 Å². The van der Waals surface area contributed by atoms with E-state index in [1.165, 1.54) is 0 Å². The van der Waals surface area contributed by atoms with Crippen LogP contribution in [0.1, 0.15) is 32.1 Å². The van der Waals surface area contributed by atoms with Crippen LogP contribution in [0.4, 0.5) is 0 Å². The monoisotopic (exact) mass is 252 g/mol. The molecule has 2 unspecified atom stereocenters. The second-order valence-corrected chi connectivity index (χ2v) is 4.78. The molecule has 0 bridgehead atoms. The minimum absolute atomic E-state index is 0.115. The Morgan fingerprint density at radius 3 is 3.00 bits per heavy atom. The van der Waals surface area contributed by atoms with Crippen LogP contribution in [-0.2, 0) is 23.9 Å². The lowest BCUT2D eigenvalue weighted by molar-refractivity contribution is -0.156. The summed E-state index contributed by atoms with van der Waals surface area (Å²) in [5.41, 5.74) is -0.767. The maximum atomic E-state index is 11.9. The van der Waals surface area contributed by atoms with Gasteiger partial charge < -0.3 is 9.47 Å². The zero-order valence-corrected chi connectivity index (χ0v) is 10.1. The number of esters is 3. The number of fused-ring (bicyclic) bond motifs is 1. The topological polar surface area (TPSA) is 69.7 Å². The van der Waals surface area contributed by atoms with Crippen LogP contribution < -0.4 is 0 Å². The van der Waals surface area contributed by atoms with Crippen LogP contribution in [0.3, 0.4) is 0 Å². The smallest absolute Gasteiger partial charge is 0.330 e. The molecule has 2 rings (SSSR count). The van der Waals surface area contributed by atoms with E-state index < -0.39 is 23.3 Å². The van der Waals surface area contributed by atoms with Gasteiger partial charge in [-0.05, 0) is 19.3 Å². The fraction of sp³-hybridized carbons (Fsp3) is 0.615. The third-order valence-corrected chi connectivity index (χ3v) is 3.88. The molecule has 0 radical (unpaired) electrons. The first-order valence-electron chi connectivity index (χ1n) is 6.15. The third kappa shape index (κ3) is 2.05. The maximum absolute atomic E-state index is 11.9. The van der Waals surface area contributed by atoms with Gasteiger partial charge in [0.15, 0.2) is 0 Å². The molecule has 98 valence electrons. The lowest BCUT2D eigenvalue weighted by Crippen LogP contribution is -2.38. The van der Waals surface area contributed by atoms with Gasteiger partial charge in [-0.1, -0.05) is 19.4 Å². The van der Waals surface area contributed by atoms with E-state index in [-0.39, 0.29) is 12.5 Å². The Morgan fingerprint density at radius 1 is 1.50 bits per heavy atom. The third-order valence-electron chi connectivity index (χ3n) is 3.88. The van der Waals surface area contributed by atoms with Gasteiger partial charge in [-0.2, -0.15) is 0 Å². The first-order valence-corrected chi connectivity index (χ1v) is 6.15. The number of cyclic esters (lactones) is 2. The van der Waals surface area contributed by atoms with Gasteiger partial charge in [0.1, 0.15) is 0 Å². The van der Waals surface area contributed by atoms with E-state index in [0.29, 0.717) is 19.3 Å². The van der Waals surface area contributed by atoms with Crippen LogP contribution >= 0.6 is 0 Å². The van der Waals surface area contributed by atoms with E-state index in [1.54, 1.807) is 0 Å². The van der Waals surface area contributed by atoms with Gasteiger partial charge in [-0.15, -0.1) is 0 Å². The normalized spacial score (nSPS) is 30.6. The maximum Gasteiger partial charge on any atom is 0.330 e. The van der Waals surface area contributed by atoms with Gasteiger partial charge in [-0.25, -0.2) is 4.79 Å². The summed E-state index contributed by atoms with van der Waals surface area (Å²) in [6.07, 6.45) is 4.57. The van der Waals surface area contributed by atoms with Crippen LogP contribution in [0.15, 0.2) is 12.7 Å². The van der Waals surface area contributed by atoms with Gasteiger partial charge in [0.2, 0.25) is 0 Å². The summed E-state index contributed by atoms with van der Waals surface area (Å²) in [6, 6.07) is 0. The highest BCUT2D eigenvalue weighted by Crippen LogP contribution is 2.49. The summed E-state index contributed by atoms with van der Waals surface area (Å²) in [7, 11) is 0. The molecule has 5 nitrogen and oxygen atoms in total. The number of ether oxygens (including phenoxy) is 2. The predicted molar refractivity (Wildman–Crippen MR) is 61.3 cm³/mol. The van der Waals surface area contributed by atoms with Crippen molar-refractivity contribution in [2.75, 3.05) is 6.61 Å². The molecule has 0 amide bonds. The molecule has 0 spiro atoms. The Bertz CT molecular complexity index is 400. The van der Waals surface area contributed by atoms with Crippen LogP contribution in [-0.4, -0.2) is 24.5 Å². The molecule has 0 N–H and O–H groups in total. The summed E-state index contributed by atoms with van der Waals surface area (Å²) in [5, 5.41) is 0. The van der Waals surface area contributed by atoms with Crippen LogP contribution in [0.2, 0.25) is 0 Å². The molecule has 1 saturated heterocycles. The van der Waals surface area contributed by atoms with Gasteiger partial charge in [-0.3, -0.25) is 9.59 Å². The fourth-order valence-electron chi connectivity index (χ4n) is 2.89. The van der Waals surface area contributed by atoms with Gasteiger partial charge >= 0.3 is 17.9 Å². The van der Waals surface area contributed by atoms with Crippen molar-refractivity contribution in [1.29, 1.82) is 0 Å². The molecule has 2 atom stereocenters. The van der Waals surface area contributed by atoms with Crippen LogP contribution in [0.25, 0.3) is 0 Å². The number of carbonyl (C=O) groups excluding carboxylic acids is 3. The second kappa shape index (κ2) is 4.92. The van der Waals surface area contributed by atoms with Gasteiger partial charge in [0, 0.05) is 6.08 Å². The number of rotatable bonds is 4. The summed E-state index contributed by atoms with van der Waals surface area (Å²) >= 11 is 0. The largest absolute Gasteiger partial charge is 0.463 e. The Kier molecular flexibility index (Phi) is 3.50. The van der Waals surface area contributed by atoms with Crippen molar-refractivity contribution in [3.63, 3.8) is 0 Å². The Labute approximate surface area is 105 Å². The minimum atomic E-state index is -0.767. The van der Waals surface area contributed by atoms with Crippen LogP contribution in [0, 0.1) is 11.3 Å². The lowest BCUT2D eigenvalue weighted by Gasteiger charge is -2.33. The molecule has 18 heavy (non-hydrogen) atoms. The van der Waals surface area contributed by atoms with Crippen molar-refractivity contribution in [1.82, 2.24) is 0 Å². The van der Waals surface area contributed by atoms with Gasteiger partial charge in [0.05, 0.1) is 17.9 Å². The minimum Gasteiger partial charge on any atom is -0.463 e. The lowest BCUT2D eigenvalue weighted by atomic mass is 9.66. The van der Waals surface area contributed by atoms with Gasteiger partial charge in [0.25, 0.3) is 0 Å². The standard InChI is InChI=1S/C13H16O5/c1-2-10(14)17-8-7-13-6-4-3-5-9(13)11(15)18-12(13)16/h2,9H,1,3-8H2. The SMILES string of the molecule is C=CC(=O)OCCC12CCCCC1C(=O)OC2=O. The average Bonchev–Trinajstić information content (AvgIpc) is 2.62. The zero-order valence-electron chi connectivity index (χ0n) is 10.1. The fourth-order valence-corrected chi connectivity index (χ4v) is 2.89. The van der Waals surface area contributed by atoms with Crippen molar-refractivity contribution in [3.8, 4) is 0 Å². The second-order valence-electron chi connectivity index (χ2n) is 4.78. The summed E-state index contributed by atoms with van der Waals surface area (Å²) in [4.78, 5) is 34.5. The van der Waals surface area contributed by atoms with Crippen molar-refractivity contribution in [3.05, 3.63) is 12.7 Å². The van der Waals surface area contributed by atoms with Crippen molar-refractivity contribution >= 4 is 17.9 Å². The molecule has 0 aromatic rings. The van der Waals surface area contributed by atoms with E-state index in [9.17, 15) is 14.4 Å². The molecule has 1 heterocycles. The molecule has 0 aromatic heterocycles. The molecule has 1 aliphatic carbocycles. The molecular weight excluding hydrogens is 236 g/mol. The Balaban J connectivity index is 2.05. The molecule has 5 heteroatoms. The number of hydrogen-bond donors (Lipinski definition) is 0. The summed E-state index contributed by atoms with van der Waals surface area (Å²) in [5.74, 6) is -1.75. The molecule has 1 saturated carbocycles. The van der Waals surface area contributed by atoms with Crippen molar-refractivity contribution < 1.29 is 23.9 Å². The average molecular weight is 252 g/mol. The molecule has 1 aliphatic heterocycles. The van der Waals surface area contributed by atoms with Crippen molar-refractivity contribution in [2.45, 2.75) is 32.1 Å². The highest BCUT2D eigenvalue weighted by atomic mass is 16.6. The highest BCUT2D eigenvalue weighted by molar-refractivity contribution is 5.99. The number of carbonyl (C=O) groups is 3. The van der Waals surface area contributed by atoms with E-state index in [2.05, 4.69) is 6.58 Å². The summed E-state index contributed by atoms with van der Waals surface area (Å²) < 4.78 is 9.66. The number of hydrogen-bond acceptors (Lipinski definition) is 5. The van der Waals surface area contributed by atoms with E-state index >= 15 is 0 Å². The molecule has 2 aliphatic rings. The molecule has 0 aromatic carbocycles. The zero-order chi connectivity index (χ0) is 13.2. The predicted octanol–water partition coefficient (Wildman–Crippen LogP) is 1.37. The molecular formula is C13H16O5.